The van der Waals surface area contributed by atoms with Crippen LogP contribution in [0.25, 0.3) is 0 Å². The molecule has 1 aliphatic rings. The molecule has 0 bridgehead atoms. The van der Waals surface area contributed by atoms with Gasteiger partial charge in [0, 0.05) is 6.08 Å². The minimum absolute atomic E-state index is 0.125. The third-order valence-corrected chi connectivity index (χ3v) is 3.78. The summed E-state index contributed by atoms with van der Waals surface area (Å²) in [5, 5.41) is 18.9. The van der Waals surface area contributed by atoms with Crippen molar-refractivity contribution >= 4 is 17.9 Å². The number of hydrogen-bond acceptors (Lipinski definition) is 4. The summed E-state index contributed by atoms with van der Waals surface area (Å²) >= 11 is 0. The molecule has 0 aromatic carbocycles. The zero-order chi connectivity index (χ0) is 15.3. The summed E-state index contributed by atoms with van der Waals surface area (Å²) in [6.07, 6.45) is 2.43. The second-order valence-corrected chi connectivity index (χ2v) is 4.78. The van der Waals surface area contributed by atoms with Gasteiger partial charge in [0.15, 0.2) is 0 Å². The zero-order valence-electron chi connectivity index (χ0n) is 11.1. The van der Waals surface area contributed by atoms with Gasteiger partial charge in [-0.25, -0.2) is 4.79 Å². The molecule has 110 valence electrons. The van der Waals surface area contributed by atoms with Crippen molar-refractivity contribution in [1.29, 1.82) is 0 Å². The van der Waals surface area contributed by atoms with Crippen LogP contribution in [0.5, 0.6) is 0 Å². The van der Waals surface area contributed by atoms with Gasteiger partial charge in [0.05, 0.1) is 5.92 Å². The first kappa shape index (κ1) is 15.9. The number of esters is 1. The van der Waals surface area contributed by atoms with E-state index < -0.39 is 35.3 Å². The van der Waals surface area contributed by atoms with Gasteiger partial charge in [-0.1, -0.05) is 32.1 Å². The van der Waals surface area contributed by atoms with E-state index in [0.29, 0.717) is 12.8 Å². The number of rotatable bonds is 6. The molecule has 3 unspecified atom stereocenters. The largest absolute Gasteiger partial charge is 0.481 e. The fourth-order valence-corrected chi connectivity index (χ4v) is 2.80. The molecule has 1 aliphatic carbocycles. The summed E-state index contributed by atoms with van der Waals surface area (Å²) in [6, 6.07) is 0. The molecule has 2 N–H and O–H groups in total. The standard InChI is InChI=1S/C14H18O6/c1-3-10(20-11(15)4-2)14(13(18)19)8-6-5-7-9(14)12(16)17/h3-4,9-10H,1-2,5-8H2,(H,16,17)(H,18,19). The Balaban J connectivity index is 3.25. The highest BCUT2D eigenvalue weighted by atomic mass is 16.5. The molecule has 1 saturated carbocycles. The lowest BCUT2D eigenvalue weighted by atomic mass is 9.63. The summed E-state index contributed by atoms with van der Waals surface area (Å²) in [7, 11) is 0. The van der Waals surface area contributed by atoms with Gasteiger partial charge in [-0.3, -0.25) is 9.59 Å². The normalized spacial score (nSPS) is 27.1. The lowest BCUT2D eigenvalue weighted by Crippen LogP contribution is -2.53. The number of ether oxygens (including phenoxy) is 1. The minimum Gasteiger partial charge on any atom is -0.481 e. The lowest BCUT2D eigenvalue weighted by Gasteiger charge is -2.42. The van der Waals surface area contributed by atoms with Gasteiger partial charge in [-0.2, -0.15) is 0 Å². The van der Waals surface area contributed by atoms with Crippen LogP contribution in [0, 0.1) is 11.3 Å². The van der Waals surface area contributed by atoms with E-state index in [1.54, 1.807) is 0 Å². The molecule has 0 amide bonds. The zero-order valence-corrected chi connectivity index (χ0v) is 11.1. The lowest BCUT2D eigenvalue weighted by molar-refractivity contribution is -0.180. The summed E-state index contributed by atoms with van der Waals surface area (Å²) in [6.45, 7) is 6.72. The summed E-state index contributed by atoms with van der Waals surface area (Å²) < 4.78 is 5.01. The molecule has 0 heterocycles. The monoisotopic (exact) mass is 282 g/mol. The maximum atomic E-state index is 11.7. The average Bonchev–Trinajstić information content (AvgIpc) is 2.43. The van der Waals surface area contributed by atoms with Crippen LogP contribution in [0.1, 0.15) is 25.7 Å². The molecule has 0 saturated heterocycles. The Morgan fingerprint density at radius 2 is 1.90 bits per heavy atom. The first-order valence-electron chi connectivity index (χ1n) is 6.32. The Labute approximate surface area is 116 Å². The van der Waals surface area contributed by atoms with Crippen molar-refractivity contribution in [3.63, 3.8) is 0 Å². The second kappa shape index (κ2) is 6.36. The minimum atomic E-state index is -1.68. The van der Waals surface area contributed by atoms with E-state index in [4.69, 9.17) is 4.74 Å². The summed E-state index contributed by atoms with van der Waals surface area (Å²) in [4.78, 5) is 34.5. The maximum Gasteiger partial charge on any atom is 0.330 e. The molecule has 0 radical (unpaired) electrons. The summed E-state index contributed by atoms with van der Waals surface area (Å²) in [5.41, 5.74) is -1.68. The predicted octanol–water partition coefficient (Wildman–Crippen LogP) is 1.62. The molecule has 1 fully saturated rings. The van der Waals surface area contributed by atoms with Crippen LogP contribution in [0.4, 0.5) is 0 Å². The number of aliphatic carboxylic acids is 2. The highest BCUT2D eigenvalue weighted by Crippen LogP contribution is 2.46. The van der Waals surface area contributed by atoms with Crippen molar-refractivity contribution in [2.75, 3.05) is 0 Å². The molecular formula is C14H18O6. The van der Waals surface area contributed by atoms with Crippen LogP contribution in [0.2, 0.25) is 0 Å². The topological polar surface area (TPSA) is 101 Å². The third-order valence-electron chi connectivity index (χ3n) is 3.78. The Hall–Kier alpha value is -2.11. The van der Waals surface area contributed by atoms with Crippen LogP contribution in [-0.4, -0.2) is 34.2 Å². The van der Waals surface area contributed by atoms with E-state index in [0.717, 1.165) is 6.08 Å². The van der Waals surface area contributed by atoms with Crippen molar-refractivity contribution in [3.8, 4) is 0 Å². The average molecular weight is 282 g/mol. The third kappa shape index (κ3) is 2.74. The van der Waals surface area contributed by atoms with Gasteiger partial charge in [-0.05, 0) is 12.8 Å². The van der Waals surface area contributed by atoms with Crippen molar-refractivity contribution in [2.24, 2.45) is 11.3 Å². The van der Waals surface area contributed by atoms with Crippen LogP contribution < -0.4 is 0 Å². The van der Waals surface area contributed by atoms with Gasteiger partial charge in [0.2, 0.25) is 0 Å². The molecule has 6 heteroatoms. The smallest absolute Gasteiger partial charge is 0.330 e. The van der Waals surface area contributed by atoms with E-state index in [1.165, 1.54) is 6.08 Å². The molecule has 0 spiro atoms. The molecule has 20 heavy (non-hydrogen) atoms. The number of hydrogen-bond donors (Lipinski definition) is 2. The van der Waals surface area contributed by atoms with Gasteiger partial charge >= 0.3 is 17.9 Å². The van der Waals surface area contributed by atoms with Crippen molar-refractivity contribution in [3.05, 3.63) is 25.3 Å². The van der Waals surface area contributed by atoms with Gasteiger partial charge < -0.3 is 14.9 Å². The Bertz CT molecular complexity index is 441. The number of carbonyl (C=O) groups is 3. The summed E-state index contributed by atoms with van der Waals surface area (Å²) in [5.74, 6) is -4.40. The van der Waals surface area contributed by atoms with Gasteiger partial charge in [-0.15, -0.1) is 0 Å². The molecule has 6 nitrogen and oxygen atoms in total. The van der Waals surface area contributed by atoms with Crippen LogP contribution in [-0.2, 0) is 19.1 Å². The van der Waals surface area contributed by atoms with E-state index in [9.17, 15) is 24.6 Å². The van der Waals surface area contributed by atoms with Crippen LogP contribution >= 0.6 is 0 Å². The number of carbonyl (C=O) groups excluding carboxylic acids is 1. The van der Waals surface area contributed by atoms with Crippen molar-refractivity contribution in [1.82, 2.24) is 0 Å². The first-order valence-corrected chi connectivity index (χ1v) is 6.32. The molecule has 3 atom stereocenters. The van der Waals surface area contributed by atoms with E-state index in [2.05, 4.69) is 13.2 Å². The second-order valence-electron chi connectivity index (χ2n) is 4.78. The number of carboxylic acid groups (broad SMARTS) is 2. The quantitative estimate of drug-likeness (QED) is 0.436. The predicted molar refractivity (Wildman–Crippen MR) is 69.9 cm³/mol. The fraction of sp³-hybridized carbons (Fsp3) is 0.500. The van der Waals surface area contributed by atoms with Gasteiger partial charge in [0.25, 0.3) is 0 Å². The number of carboxylic acids is 2. The highest BCUT2D eigenvalue weighted by Gasteiger charge is 2.56. The Morgan fingerprint density at radius 3 is 2.35 bits per heavy atom. The van der Waals surface area contributed by atoms with Crippen LogP contribution in [0.3, 0.4) is 0 Å². The Kier molecular flexibility index (Phi) is 5.07. The highest BCUT2D eigenvalue weighted by molar-refractivity contribution is 5.86. The SMILES string of the molecule is C=CC(=O)OC(C=C)C1(C(=O)O)CCCCC1C(=O)O. The van der Waals surface area contributed by atoms with E-state index in [1.807, 2.05) is 0 Å². The molecule has 0 aliphatic heterocycles. The molecule has 0 aromatic heterocycles. The maximum absolute atomic E-state index is 11.7. The molecule has 0 aromatic rings. The molecular weight excluding hydrogens is 264 g/mol. The first-order chi connectivity index (χ1) is 9.40. The van der Waals surface area contributed by atoms with E-state index >= 15 is 0 Å². The van der Waals surface area contributed by atoms with Crippen LogP contribution in [0.15, 0.2) is 25.3 Å². The van der Waals surface area contributed by atoms with Crippen molar-refractivity contribution in [2.45, 2.75) is 31.8 Å². The van der Waals surface area contributed by atoms with Crippen molar-refractivity contribution < 1.29 is 29.3 Å². The Morgan fingerprint density at radius 1 is 1.25 bits per heavy atom. The molecule has 1 rings (SSSR count). The van der Waals surface area contributed by atoms with E-state index in [-0.39, 0.29) is 12.8 Å². The fourth-order valence-electron chi connectivity index (χ4n) is 2.80. The van der Waals surface area contributed by atoms with Gasteiger partial charge in [0.1, 0.15) is 11.5 Å².